The standard InChI is InChI=1S/C18H24ClNO2.C8H8FNO2/c1-18(2)11-14(8-10-22-18)17(21)20-9-7-15(12-20)13-3-5-16(19)6-4-13;1-10-8(11)12-7-4-2-6(9)3-5-7/h3-6,14-15H,7-12H2,1-2H3;2-5H,1H3,(H,10,11). The second kappa shape index (κ2) is 11.7. The molecule has 2 aromatic rings. The molecule has 2 amide bonds. The van der Waals surface area contributed by atoms with Crippen LogP contribution < -0.4 is 10.1 Å². The number of rotatable bonds is 3. The van der Waals surface area contributed by atoms with Gasteiger partial charge in [0, 0.05) is 43.6 Å². The second-order valence-electron chi connectivity index (χ2n) is 9.21. The van der Waals surface area contributed by atoms with Crippen LogP contribution in [0, 0.1) is 11.7 Å². The third-order valence-electron chi connectivity index (χ3n) is 6.12. The number of amides is 2. The Labute approximate surface area is 205 Å². The fourth-order valence-corrected chi connectivity index (χ4v) is 4.46. The SMILES string of the molecule is CC1(C)CC(C(=O)N2CCC(c3ccc(Cl)cc3)C2)CCO1.CNC(=O)Oc1ccc(F)cc1. The minimum absolute atomic E-state index is 0.118. The molecule has 2 aliphatic heterocycles. The van der Waals surface area contributed by atoms with Crippen molar-refractivity contribution in [2.45, 2.75) is 44.6 Å². The van der Waals surface area contributed by atoms with E-state index in [1.807, 2.05) is 17.0 Å². The number of halogens is 2. The van der Waals surface area contributed by atoms with Gasteiger partial charge in [-0.25, -0.2) is 9.18 Å². The molecule has 2 atom stereocenters. The van der Waals surface area contributed by atoms with Crippen LogP contribution in [0.1, 0.15) is 44.6 Å². The number of nitrogens with one attached hydrogen (secondary N) is 1. The molecule has 0 bridgehead atoms. The van der Waals surface area contributed by atoms with Crippen molar-refractivity contribution in [3.05, 3.63) is 64.9 Å². The lowest BCUT2D eigenvalue weighted by molar-refractivity contribution is -0.144. The van der Waals surface area contributed by atoms with Gasteiger partial charge in [-0.2, -0.15) is 0 Å². The molecule has 0 radical (unpaired) electrons. The molecule has 2 unspecified atom stereocenters. The minimum atomic E-state index is -0.568. The molecule has 6 nitrogen and oxygen atoms in total. The number of carbonyl (C=O) groups excluding carboxylic acids is 2. The predicted molar refractivity (Wildman–Crippen MR) is 130 cm³/mol. The Kier molecular flexibility index (Phi) is 8.91. The lowest BCUT2D eigenvalue weighted by Crippen LogP contribution is -2.42. The van der Waals surface area contributed by atoms with Crippen LogP contribution in [0.2, 0.25) is 5.02 Å². The Balaban J connectivity index is 0.000000229. The highest BCUT2D eigenvalue weighted by atomic mass is 35.5. The third kappa shape index (κ3) is 7.43. The third-order valence-corrected chi connectivity index (χ3v) is 6.37. The van der Waals surface area contributed by atoms with Crippen molar-refractivity contribution in [3.8, 4) is 5.75 Å². The molecule has 1 N–H and O–H groups in total. The van der Waals surface area contributed by atoms with E-state index in [2.05, 4.69) is 31.3 Å². The Morgan fingerprint density at radius 1 is 1.12 bits per heavy atom. The molecule has 2 saturated heterocycles. The van der Waals surface area contributed by atoms with Crippen molar-refractivity contribution in [2.75, 3.05) is 26.7 Å². The molecule has 2 aromatic carbocycles. The monoisotopic (exact) mass is 490 g/mol. The summed E-state index contributed by atoms with van der Waals surface area (Å²) in [6, 6.07) is 13.2. The zero-order valence-corrected chi connectivity index (χ0v) is 20.6. The fourth-order valence-electron chi connectivity index (χ4n) is 4.33. The summed E-state index contributed by atoms with van der Waals surface area (Å²) in [7, 11) is 1.45. The minimum Gasteiger partial charge on any atom is -0.410 e. The van der Waals surface area contributed by atoms with Gasteiger partial charge in [0.05, 0.1) is 5.60 Å². The lowest BCUT2D eigenvalue weighted by Gasteiger charge is -2.36. The largest absolute Gasteiger partial charge is 0.412 e. The van der Waals surface area contributed by atoms with Crippen LogP contribution in [0.4, 0.5) is 9.18 Å². The molecule has 8 heteroatoms. The van der Waals surface area contributed by atoms with Crippen LogP contribution in [-0.4, -0.2) is 49.2 Å². The van der Waals surface area contributed by atoms with Crippen LogP contribution in [0.5, 0.6) is 5.75 Å². The van der Waals surface area contributed by atoms with E-state index in [1.54, 1.807) is 0 Å². The summed E-state index contributed by atoms with van der Waals surface area (Å²) in [6.45, 7) is 6.54. The van der Waals surface area contributed by atoms with Crippen molar-refractivity contribution in [2.24, 2.45) is 5.92 Å². The van der Waals surface area contributed by atoms with Gasteiger partial charge in [-0.15, -0.1) is 0 Å². The highest BCUT2D eigenvalue weighted by molar-refractivity contribution is 6.30. The molecule has 0 aliphatic carbocycles. The van der Waals surface area contributed by atoms with Gasteiger partial charge in [0.1, 0.15) is 11.6 Å². The smallest absolute Gasteiger partial charge is 0.410 e. The number of nitrogens with zero attached hydrogens (tertiary/aromatic N) is 1. The van der Waals surface area contributed by atoms with Crippen LogP contribution in [0.25, 0.3) is 0 Å². The number of likely N-dealkylation sites (tertiary alicyclic amines) is 1. The number of carbonyl (C=O) groups is 2. The molecule has 2 heterocycles. The van der Waals surface area contributed by atoms with E-state index >= 15 is 0 Å². The summed E-state index contributed by atoms with van der Waals surface area (Å²) in [4.78, 5) is 25.5. The maximum Gasteiger partial charge on any atom is 0.412 e. The Hall–Kier alpha value is -2.64. The molecule has 0 spiro atoms. The van der Waals surface area contributed by atoms with Crippen molar-refractivity contribution >= 4 is 23.6 Å². The van der Waals surface area contributed by atoms with E-state index in [4.69, 9.17) is 21.1 Å². The molecule has 184 valence electrons. The summed E-state index contributed by atoms with van der Waals surface area (Å²) in [5, 5.41) is 3.04. The Bertz CT molecular complexity index is 966. The maximum atomic E-state index is 12.8. The lowest BCUT2D eigenvalue weighted by atomic mass is 9.87. The zero-order valence-electron chi connectivity index (χ0n) is 19.9. The number of hydrogen-bond acceptors (Lipinski definition) is 4. The molecule has 2 fully saturated rings. The van der Waals surface area contributed by atoms with E-state index in [9.17, 15) is 14.0 Å². The highest BCUT2D eigenvalue weighted by Gasteiger charge is 2.37. The van der Waals surface area contributed by atoms with E-state index in [1.165, 1.54) is 36.9 Å². The van der Waals surface area contributed by atoms with E-state index < -0.39 is 6.09 Å². The summed E-state index contributed by atoms with van der Waals surface area (Å²) >= 11 is 5.95. The Morgan fingerprint density at radius 3 is 2.41 bits per heavy atom. The molecule has 2 aliphatic rings. The average Bonchev–Trinajstić information content (AvgIpc) is 3.30. The summed E-state index contributed by atoms with van der Waals surface area (Å²) in [5.74, 6) is 0.824. The van der Waals surface area contributed by atoms with E-state index in [0.29, 0.717) is 24.2 Å². The summed E-state index contributed by atoms with van der Waals surface area (Å²) in [5.41, 5.74) is 1.11. The first kappa shape index (κ1) is 26.0. The molecule has 34 heavy (non-hydrogen) atoms. The number of benzene rings is 2. The molecule has 4 rings (SSSR count). The number of hydrogen-bond donors (Lipinski definition) is 1. The van der Waals surface area contributed by atoms with Crippen molar-refractivity contribution < 1.29 is 23.5 Å². The molecular weight excluding hydrogens is 459 g/mol. The average molecular weight is 491 g/mol. The first-order valence-electron chi connectivity index (χ1n) is 11.5. The van der Waals surface area contributed by atoms with Gasteiger partial charge in [-0.05, 0) is 75.1 Å². The van der Waals surface area contributed by atoms with Crippen LogP contribution >= 0.6 is 11.6 Å². The highest BCUT2D eigenvalue weighted by Crippen LogP contribution is 2.33. The van der Waals surface area contributed by atoms with Gasteiger partial charge in [0.2, 0.25) is 5.91 Å². The predicted octanol–water partition coefficient (Wildman–Crippen LogP) is 5.41. The second-order valence-corrected chi connectivity index (χ2v) is 9.65. The van der Waals surface area contributed by atoms with Crippen LogP contribution in [0.15, 0.2) is 48.5 Å². The number of ether oxygens (including phenoxy) is 2. The van der Waals surface area contributed by atoms with E-state index in [-0.39, 0.29) is 17.3 Å². The fraction of sp³-hybridized carbons (Fsp3) is 0.462. The quantitative estimate of drug-likeness (QED) is 0.625. The molecule has 0 saturated carbocycles. The zero-order chi connectivity index (χ0) is 24.7. The Morgan fingerprint density at radius 2 is 1.79 bits per heavy atom. The van der Waals surface area contributed by atoms with Crippen molar-refractivity contribution in [3.63, 3.8) is 0 Å². The van der Waals surface area contributed by atoms with E-state index in [0.717, 1.165) is 37.4 Å². The van der Waals surface area contributed by atoms with Crippen molar-refractivity contribution in [1.82, 2.24) is 10.2 Å². The normalized spacial score (nSPS) is 21.3. The van der Waals surface area contributed by atoms with Gasteiger partial charge in [-0.1, -0.05) is 23.7 Å². The summed E-state index contributed by atoms with van der Waals surface area (Å²) in [6.07, 6.45) is 2.15. The molecular formula is C26H32ClFN2O4. The first-order valence-corrected chi connectivity index (χ1v) is 11.9. The van der Waals surface area contributed by atoms with Gasteiger partial charge in [-0.3, -0.25) is 4.79 Å². The summed E-state index contributed by atoms with van der Waals surface area (Å²) < 4.78 is 22.8. The van der Waals surface area contributed by atoms with Gasteiger partial charge in [0.25, 0.3) is 0 Å². The maximum absolute atomic E-state index is 12.8. The topological polar surface area (TPSA) is 67.9 Å². The molecule has 0 aromatic heterocycles. The van der Waals surface area contributed by atoms with Gasteiger partial charge >= 0.3 is 6.09 Å². The first-order chi connectivity index (χ1) is 16.2. The van der Waals surface area contributed by atoms with Crippen LogP contribution in [-0.2, 0) is 9.53 Å². The van der Waals surface area contributed by atoms with Crippen molar-refractivity contribution in [1.29, 1.82) is 0 Å². The van der Waals surface area contributed by atoms with Gasteiger partial charge in [0.15, 0.2) is 0 Å². The van der Waals surface area contributed by atoms with Gasteiger partial charge < -0.3 is 19.7 Å². The van der Waals surface area contributed by atoms with Crippen LogP contribution in [0.3, 0.4) is 0 Å².